The molecule has 0 aromatic heterocycles. The van der Waals surface area contributed by atoms with Gasteiger partial charge in [-0.3, -0.25) is 9.59 Å². The van der Waals surface area contributed by atoms with Crippen LogP contribution in [0.2, 0.25) is 0 Å². The van der Waals surface area contributed by atoms with E-state index in [-0.39, 0.29) is 23.8 Å². The van der Waals surface area contributed by atoms with Crippen molar-refractivity contribution < 1.29 is 29.3 Å². The highest BCUT2D eigenvalue weighted by atomic mass is 16.5. The Morgan fingerprint density at radius 2 is 1.64 bits per heavy atom. The molecule has 0 saturated heterocycles. The Morgan fingerprint density at radius 3 is 2.12 bits per heavy atom. The first-order chi connectivity index (χ1) is 11.8. The highest BCUT2D eigenvalue weighted by Gasteiger charge is 2.12. The number of amides is 1. The molecule has 8 nitrogen and oxygen atoms in total. The number of nitrogens with two attached hydrogens (primary N) is 1. The zero-order valence-electron chi connectivity index (χ0n) is 13.4. The standard InChI is InChI=1S/C15H13NO4.C2H5NO2/c1-10(17)16-11-6-8-12(9-7-11)20-15(19)13-4-2-3-5-14(13)18;3-1-2(4)5/h2-9,18H,1H3,(H,16,17);1,3H2,(H,4,5). The number of rotatable bonds is 4. The summed E-state index contributed by atoms with van der Waals surface area (Å²) < 4.78 is 5.13. The van der Waals surface area contributed by atoms with Crippen LogP contribution in [0.15, 0.2) is 48.5 Å². The molecule has 2 rings (SSSR count). The predicted molar refractivity (Wildman–Crippen MR) is 90.5 cm³/mol. The number of esters is 1. The van der Waals surface area contributed by atoms with Crippen LogP contribution in [0, 0.1) is 0 Å². The smallest absolute Gasteiger partial charge is 0.347 e. The van der Waals surface area contributed by atoms with E-state index in [9.17, 15) is 19.5 Å². The van der Waals surface area contributed by atoms with Crippen LogP contribution in [0.1, 0.15) is 17.3 Å². The molecular formula is C17H18N2O6. The quantitative estimate of drug-likeness (QED) is 0.487. The van der Waals surface area contributed by atoms with Crippen LogP contribution in [0.4, 0.5) is 5.69 Å². The SMILES string of the molecule is CC(=O)Nc1ccc(OC(=O)c2ccccc2O)cc1.NCC(=O)O. The lowest BCUT2D eigenvalue weighted by Gasteiger charge is -2.07. The molecule has 25 heavy (non-hydrogen) atoms. The Bertz CT molecular complexity index is 743. The molecule has 0 aliphatic heterocycles. The van der Waals surface area contributed by atoms with Gasteiger partial charge in [-0.25, -0.2) is 4.79 Å². The minimum absolute atomic E-state index is 0.0958. The second-order valence-electron chi connectivity index (χ2n) is 4.71. The number of carboxylic acid groups (broad SMARTS) is 1. The summed E-state index contributed by atoms with van der Waals surface area (Å²) in [6, 6.07) is 12.5. The first-order valence-corrected chi connectivity index (χ1v) is 7.13. The average molecular weight is 346 g/mol. The number of ether oxygens (including phenoxy) is 1. The van der Waals surface area contributed by atoms with Crippen molar-refractivity contribution in [2.24, 2.45) is 5.73 Å². The number of phenols is 1. The predicted octanol–water partition coefficient (Wildman–Crippen LogP) is 1.60. The first kappa shape index (κ1) is 19.7. The van der Waals surface area contributed by atoms with Crippen molar-refractivity contribution >= 4 is 23.5 Å². The molecule has 132 valence electrons. The van der Waals surface area contributed by atoms with Crippen LogP contribution in [0.5, 0.6) is 11.5 Å². The van der Waals surface area contributed by atoms with E-state index < -0.39 is 11.9 Å². The van der Waals surface area contributed by atoms with Gasteiger partial charge in [0.05, 0.1) is 6.54 Å². The van der Waals surface area contributed by atoms with Crippen LogP contribution in [0.3, 0.4) is 0 Å². The number of benzene rings is 2. The van der Waals surface area contributed by atoms with E-state index in [0.29, 0.717) is 11.4 Å². The van der Waals surface area contributed by atoms with Crippen LogP contribution < -0.4 is 15.8 Å². The molecule has 8 heteroatoms. The van der Waals surface area contributed by atoms with Crippen molar-refractivity contribution in [3.63, 3.8) is 0 Å². The van der Waals surface area contributed by atoms with Gasteiger partial charge in [-0.1, -0.05) is 12.1 Å². The maximum absolute atomic E-state index is 11.8. The molecule has 2 aromatic carbocycles. The highest BCUT2D eigenvalue weighted by Crippen LogP contribution is 2.20. The van der Waals surface area contributed by atoms with E-state index >= 15 is 0 Å². The third kappa shape index (κ3) is 7.14. The summed E-state index contributed by atoms with van der Waals surface area (Å²) >= 11 is 0. The van der Waals surface area contributed by atoms with E-state index in [1.165, 1.54) is 19.1 Å². The molecule has 2 aromatic rings. The van der Waals surface area contributed by atoms with Crippen LogP contribution in [-0.4, -0.2) is 34.6 Å². The molecule has 0 aliphatic carbocycles. The molecule has 1 amide bonds. The number of hydrogen-bond donors (Lipinski definition) is 4. The van der Waals surface area contributed by atoms with Gasteiger partial charge in [0.2, 0.25) is 5.91 Å². The molecular weight excluding hydrogens is 328 g/mol. The van der Waals surface area contributed by atoms with Gasteiger partial charge in [-0.2, -0.15) is 0 Å². The third-order valence-electron chi connectivity index (χ3n) is 2.68. The van der Waals surface area contributed by atoms with Gasteiger partial charge in [-0.05, 0) is 36.4 Å². The van der Waals surface area contributed by atoms with Crippen molar-refractivity contribution in [3.05, 3.63) is 54.1 Å². The summed E-state index contributed by atoms with van der Waals surface area (Å²) in [4.78, 5) is 32.0. The number of carbonyl (C=O) groups is 3. The third-order valence-corrected chi connectivity index (χ3v) is 2.68. The fraction of sp³-hybridized carbons (Fsp3) is 0.118. The normalized spacial score (nSPS) is 9.36. The number of aliphatic carboxylic acids is 1. The molecule has 5 N–H and O–H groups in total. The average Bonchev–Trinajstić information content (AvgIpc) is 2.57. The summed E-state index contributed by atoms with van der Waals surface area (Å²) in [5.74, 6) is -1.59. The van der Waals surface area contributed by atoms with E-state index in [1.807, 2.05) is 0 Å². The number of phenolic OH excluding ortho intramolecular Hbond substituents is 1. The monoisotopic (exact) mass is 346 g/mol. The minimum Gasteiger partial charge on any atom is -0.507 e. The van der Waals surface area contributed by atoms with Gasteiger partial charge < -0.3 is 26.0 Å². The lowest BCUT2D eigenvalue weighted by molar-refractivity contribution is -0.135. The summed E-state index contributed by atoms with van der Waals surface area (Å²) in [6.45, 7) is 1.13. The molecule has 0 bridgehead atoms. The van der Waals surface area contributed by atoms with Crippen molar-refractivity contribution in [1.82, 2.24) is 0 Å². The minimum atomic E-state index is -0.968. The maximum Gasteiger partial charge on any atom is 0.347 e. The number of nitrogens with one attached hydrogen (secondary N) is 1. The summed E-state index contributed by atoms with van der Waals surface area (Å²) in [6.07, 6.45) is 0. The highest BCUT2D eigenvalue weighted by molar-refractivity contribution is 5.94. The number of hydrogen-bond acceptors (Lipinski definition) is 6. The Balaban J connectivity index is 0.000000550. The molecule has 0 heterocycles. The zero-order valence-corrected chi connectivity index (χ0v) is 13.4. The molecule has 0 spiro atoms. The zero-order chi connectivity index (χ0) is 18.8. The summed E-state index contributed by atoms with van der Waals surface area (Å²) in [7, 11) is 0. The van der Waals surface area contributed by atoms with Crippen LogP contribution in [-0.2, 0) is 9.59 Å². The number of carboxylic acids is 1. The van der Waals surface area contributed by atoms with Gasteiger partial charge in [0.1, 0.15) is 17.1 Å². The van der Waals surface area contributed by atoms with Crippen LogP contribution in [0.25, 0.3) is 0 Å². The molecule has 0 saturated carbocycles. The van der Waals surface area contributed by atoms with E-state index in [1.54, 1.807) is 36.4 Å². The molecule has 0 radical (unpaired) electrons. The van der Waals surface area contributed by atoms with Crippen molar-refractivity contribution in [1.29, 1.82) is 0 Å². The van der Waals surface area contributed by atoms with E-state index in [0.717, 1.165) is 0 Å². The number of carbonyl (C=O) groups excluding carboxylic acids is 2. The molecule has 0 fully saturated rings. The maximum atomic E-state index is 11.8. The summed E-state index contributed by atoms with van der Waals surface area (Å²) in [5, 5.41) is 19.8. The van der Waals surface area contributed by atoms with Gasteiger partial charge in [0.25, 0.3) is 0 Å². The van der Waals surface area contributed by atoms with E-state index in [4.69, 9.17) is 9.84 Å². The topological polar surface area (TPSA) is 139 Å². The lowest BCUT2D eigenvalue weighted by atomic mass is 10.2. The Hall–Kier alpha value is -3.39. The van der Waals surface area contributed by atoms with Gasteiger partial charge >= 0.3 is 11.9 Å². The fourth-order valence-corrected chi connectivity index (χ4v) is 1.62. The van der Waals surface area contributed by atoms with Crippen molar-refractivity contribution in [2.75, 3.05) is 11.9 Å². The number of para-hydroxylation sites is 1. The van der Waals surface area contributed by atoms with Gasteiger partial charge in [0.15, 0.2) is 0 Å². The van der Waals surface area contributed by atoms with E-state index in [2.05, 4.69) is 11.1 Å². The van der Waals surface area contributed by atoms with Crippen molar-refractivity contribution in [3.8, 4) is 11.5 Å². The van der Waals surface area contributed by atoms with Gasteiger partial charge in [-0.15, -0.1) is 0 Å². The van der Waals surface area contributed by atoms with Crippen LogP contribution >= 0.6 is 0 Å². The molecule has 0 unspecified atom stereocenters. The number of aromatic hydroxyl groups is 1. The lowest BCUT2D eigenvalue weighted by Crippen LogP contribution is -2.10. The Kier molecular flexibility index (Phi) is 7.61. The molecule has 0 aliphatic rings. The fourth-order valence-electron chi connectivity index (χ4n) is 1.62. The second-order valence-corrected chi connectivity index (χ2v) is 4.71. The Morgan fingerprint density at radius 1 is 1.08 bits per heavy atom. The summed E-state index contributed by atoms with van der Waals surface area (Å²) in [5.41, 5.74) is 5.28. The van der Waals surface area contributed by atoms with Crippen molar-refractivity contribution in [2.45, 2.75) is 6.92 Å². The molecule has 0 atom stereocenters. The van der Waals surface area contributed by atoms with Gasteiger partial charge in [0, 0.05) is 12.6 Å². The second kappa shape index (κ2) is 9.68. The Labute approximate surface area is 143 Å². The number of anilines is 1. The largest absolute Gasteiger partial charge is 0.507 e. The first-order valence-electron chi connectivity index (χ1n) is 7.13.